The number of nitrogens with zero attached hydrogens (tertiary/aromatic N) is 2. The van der Waals surface area contributed by atoms with Gasteiger partial charge in [-0.05, 0) is 30.0 Å². The van der Waals surface area contributed by atoms with Crippen molar-refractivity contribution >= 4 is 40.3 Å². The molecule has 1 aromatic carbocycles. The molecule has 3 aromatic rings. The van der Waals surface area contributed by atoms with E-state index in [1.54, 1.807) is 0 Å². The minimum atomic E-state index is -4.78. The summed E-state index contributed by atoms with van der Waals surface area (Å²) in [6, 6.07) is 8.82. The summed E-state index contributed by atoms with van der Waals surface area (Å²) in [5.74, 6) is -3.24. The molecule has 0 spiro atoms. The van der Waals surface area contributed by atoms with Crippen LogP contribution < -0.4 is 10.6 Å². The second-order valence-corrected chi connectivity index (χ2v) is 7.33. The lowest BCUT2D eigenvalue weighted by Gasteiger charge is -2.11. The molecule has 0 aliphatic rings. The first kappa shape index (κ1) is 22.3. The molecular formula is C19H17F3N4O4S. The second-order valence-electron chi connectivity index (χ2n) is 6.30. The number of hydrogen-bond donors (Lipinski definition) is 2. The third kappa shape index (κ3) is 6.04. The Kier molecular flexibility index (Phi) is 6.90. The highest BCUT2D eigenvalue weighted by atomic mass is 32.1. The van der Waals surface area contributed by atoms with Crippen molar-refractivity contribution in [1.82, 2.24) is 20.2 Å². The van der Waals surface area contributed by atoms with E-state index < -0.39 is 43.1 Å². The van der Waals surface area contributed by atoms with Crippen LogP contribution in [0.2, 0.25) is 0 Å². The molecule has 0 aliphatic carbocycles. The number of imidazole rings is 1. The smallest absolute Gasteiger partial charge is 0.449 e. The predicted octanol–water partition coefficient (Wildman–Crippen LogP) is 2.73. The zero-order valence-electron chi connectivity index (χ0n) is 15.9. The molecule has 164 valence electrons. The molecule has 0 aliphatic heterocycles. The van der Waals surface area contributed by atoms with Crippen molar-refractivity contribution in [3.05, 3.63) is 52.5 Å². The van der Waals surface area contributed by atoms with E-state index in [0.717, 1.165) is 4.88 Å². The lowest BCUT2D eigenvalue weighted by Crippen LogP contribution is -2.42. The Morgan fingerprint density at radius 3 is 2.61 bits per heavy atom. The number of carbonyl (C=O) groups is 3. The first-order valence-corrected chi connectivity index (χ1v) is 9.90. The van der Waals surface area contributed by atoms with Crippen molar-refractivity contribution in [3.8, 4) is 0 Å². The first-order valence-electron chi connectivity index (χ1n) is 9.02. The van der Waals surface area contributed by atoms with Crippen LogP contribution in [0.1, 0.15) is 10.7 Å². The van der Waals surface area contributed by atoms with Crippen LogP contribution in [0.25, 0.3) is 11.0 Å². The number of esters is 1. The number of hydrogen-bond acceptors (Lipinski definition) is 6. The molecule has 0 bridgehead atoms. The number of nitrogens with one attached hydrogen (secondary N) is 2. The van der Waals surface area contributed by atoms with Crippen molar-refractivity contribution in [2.75, 3.05) is 13.2 Å². The molecule has 31 heavy (non-hydrogen) atoms. The van der Waals surface area contributed by atoms with Gasteiger partial charge in [-0.15, -0.1) is 11.3 Å². The molecule has 0 saturated heterocycles. The number of carbonyl (C=O) groups excluding carboxylic acids is 3. The summed E-state index contributed by atoms with van der Waals surface area (Å²) in [4.78, 5) is 40.0. The normalized spacial score (nSPS) is 11.3. The Balaban J connectivity index is 1.50. The van der Waals surface area contributed by atoms with Crippen LogP contribution in [-0.4, -0.2) is 40.6 Å². The molecule has 2 heterocycles. The number of fused-ring (bicyclic) bond motifs is 1. The van der Waals surface area contributed by atoms with Gasteiger partial charge in [-0.1, -0.05) is 18.2 Å². The summed E-state index contributed by atoms with van der Waals surface area (Å²) in [7, 11) is 0. The predicted molar refractivity (Wildman–Crippen MR) is 105 cm³/mol. The van der Waals surface area contributed by atoms with Crippen molar-refractivity contribution < 1.29 is 32.3 Å². The van der Waals surface area contributed by atoms with Crippen LogP contribution in [0, 0.1) is 0 Å². The van der Waals surface area contributed by atoms with Gasteiger partial charge in [0.15, 0.2) is 6.61 Å². The Hall–Kier alpha value is -3.41. The van der Waals surface area contributed by atoms with Gasteiger partial charge < -0.3 is 14.6 Å². The van der Waals surface area contributed by atoms with Gasteiger partial charge in [0.2, 0.25) is 5.82 Å². The molecule has 2 N–H and O–H groups in total. The Bertz CT molecular complexity index is 1080. The van der Waals surface area contributed by atoms with Crippen molar-refractivity contribution in [2.45, 2.75) is 19.1 Å². The quantitative estimate of drug-likeness (QED) is 0.535. The van der Waals surface area contributed by atoms with Gasteiger partial charge in [-0.2, -0.15) is 13.2 Å². The SMILES string of the molecule is O=C(COC(=O)Cn1c(C(F)(F)F)nc2ccccc21)NC(=O)NCCc1cccs1. The average molecular weight is 454 g/mol. The van der Waals surface area contributed by atoms with E-state index >= 15 is 0 Å². The fourth-order valence-electron chi connectivity index (χ4n) is 2.73. The molecular weight excluding hydrogens is 437 g/mol. The van der Waals surface area contributed by atoms with Gasteiger partial charge >= 0.3 is 18.2 Å². The summed E-state index contributed by atoms with van der Waals surface area (Å²) in [6.07, 6.45) is -4.19. The number of urea groups is 1. The van der Waals surface area contributed by atoms with Crippen LogP contribution >= 0.6 is 11.3 Å². The average Bonchev–Trinajstić information content (AvgIpc) is 3.34. The summed E-state index contributed by atoms with van der Waals surface area (Å²) < 4.78 is 45.1. The van der Waals surface area contributed by atoms with Crippen LogP contribution in [0.5, 0.6) is 0 Å². The maximum atomic E-state index is 13.2. The van der Waals surface area contributed by atoms with Crippen LogP contribution in [0.3, 0.4) is 0 Å². The fourth-order valence-corrected chi connectivity index (χ4v) is 3.44. The second kappa shape index (κ2) is 9.60. The maximum Gasteiger partial charge on any atom is 0.449 e. The first-order chi connectivity index (χ1) is 14.7. The summed E-state index contributed by atoms with van der Waals surface area (Å²) in [5.41, 5.74) is 0.168. The van der Waals surface area contributed by atoms with Gasteiger partial charge in [-0.25, -0.2) is 9.78 Å². The molecule has 0 saturated carbocycles. The number of para-hydroxylation sites is 2. The summed E-state index contributed by atoms with van der Waals surface area (Å²) in [6.45, 7) is -1.31. The van der Waals surface area contributed by atoms with Crippen molar-refractivity contribution in [1.29, 1.82) is 0 Å². The molecule has 2 aromatic heterocycles. The number of imide groups is 1. The highest BCUT2D eigenvalue weighted by Crippen LogP contribution is 2.31. The molecule has 3 amide bonds. The van der Waals surface area contributed by atoms with Gasteiger partial charge in [0.05, 0.1) is 11.0 Å². The van der Waals surface area contributed by atoms with E-state index in [1.165, 1.54) is 35.6 Å². The lowest BCUT2D eigenvalue weighted by molar-refractivity contribution is -0.153. The number of alkyl halides is 3. The number of amides is 3. The highest BCUT2D eigenvalue weighted by Gasteiger charge is 2.38. The van der Waals surface area contributed by atoms with E-state index in [4.69, 9.17) is 4.74 Å². The van der Waals surface area contributed by atoms with Crippen LogP contribution in [0.15, 0.2) is 41.8 Å². The van der Waals surface area contributed by atoms with E-state index in [-0.39, 0.29) is 11.0 Å². The summed E-state index contributed by atoms with van der Waals surface area (Å²) >= 11 is 1.53. The number of rotatable bonds is 7. The Labute approximate surface area is 178 Å². The maximum absolute atomic E-state index is 13.2. The highest BCUT2D eigenvalue weighted by molar-refractivity contribution is 7.09. The van der Waals surface area contributed by atoms with Crippen LogP contribution in [0.4, 0.5) is 18.0 Å². The standard InChI is InChI=1S/C19H17F3N4O4S/c20-19(21,22)17-24-13-5-1-2-6-14(13)26(17)10-16(28)30-11-15(27)25-18(29)23-8-7-12-4-3-9-31-12/h1-6,9H,7-8,10-11H2,(H2,23,25,27,29). The van der Waals surface area contributed by atoms with E-state index in [9.17, 15) is 27.6 Å². The van der Waals surface area contributed by atoms with Gasteiger partial charge in [0.1, 0.15) is 6.54 Å². The van der Waals surface area contributed by atoms with Crippen LogP contribution in [-0.2, 0) is 33.5 Å². The minimum absolute atomic E-state index is 0.0691. The lowest BCUT2D eigenvalue weighted by atomic mass is 10.3. The number of benzene rings is 1. The van der Waals surface area contributed by atoms with Gasteiger partial charge in [0, 0.05) is 11.4 Å². The molecule has 0 unspecified atom stereocenters. The zero-order valence-corrected chi connectivity index (χ0v) is 16.8. The number of aromatic nitrogens is 2. The number of halogens is 3. The largest absolute Gasteiger partial charge is 0.454 e. The minimum Gasteiger partial charge on any atom is -0.454 e. The van der Waals surface area contributed by atoms with E-state index in [0.29, 0.717) is 17.5 Å². The molecule has 0 atom stereocenters. The Morgan fingerprint density at radius 1 is 1.13 bits per heavy atom. The number of ether oxygens (including phenoxy) is 1. The van der Waals surface area contributed by atoms with Crippen molar-refractivity contribution in [2.24, 2.45) is 0 Å². The van der Waals surface area contributed by atoms with Crippen molar-refractivity contribution in [3.63, 3.8) is 0 Å². The Morgan fingerprint density at radius 2 is 1.90 bits per heavy atom. The third-order valence-electron chi connectivity index (χ3n) is 4.05. The third-order valence-corrected chi connectivity index (χ3v) is 4.99. The van der Waals surface area contributed by atoms with E-state index in [1.807, 2.05) is 22.8 Å². The van der Waals surface area contributed by atoms with Gasteiger partial charge in [0.25, 0.3) is 5.91 Å². The molecule has 3 rings (SSSR count). The molecule has 0 fully saturated rings. The molecule has 0 radical (unpaired) electrons. The molecule has 8 nitrogen and oxygen atoms in total. The summed E-state index contributed by atoms with van der Waals surface area (Å²) in [5, 5.41) is 6.36. The zero-order chi connectivity index (χ0) is 22.4. The topological polar surface area (TPSA) is 102 Å². The fraction of sp³-hybridized carbons (Fsp3) is 0.263. The van der Waals surface area contributed by atoms with Gasteiger partial charge in [-0.3, -0.25) is 14.9 Å². The number of thiophene rings is 1. The van der Waals surface area contributed by atoms with E-state index in [2.05, 4.69) is 10.3 Å². The molecule has 12 heteroatoms. The monoisotopic (exact) mass is 454 g/mol.